The molecule has 1 aromatic rings. The maximum atomic E-state index is 4.89. The molecule has 2 aliphatic rings. The Morgan fingerprint density at radius 1 is 1.42 bits per heavy atom. The molecule has 4 nitrogen and oxygen atoms in total. The molecular formula is C15H26N4. The molecule has 19 heavy (non-hydrogen) atoms. The van der Waals surface area contributed by atoms with Gasteiger partial charge in [0.1, 0.15) is 5.82 Å². The number of hydrogen-bond acceptors (Lipinski definition) is 3. The Balaban J connectivity index is 1.83. The van der Waals surface area contributed by atoms with E-state index >= 15 is 0 Å². The molecule has 1 N–H and O–H groups in total. The molecule has 1 atom stereocenters. The van der Waals surface area contributed by atoms with Crippen molar-refractivity contribution in [1.82, 2.24) is 19.8 Å². The quantitative estimate of drug-likeness (QED) is 0.891. The topological polar surface area (TPSA) is 33.1 Å². The van der Waals surface area contributed by atoms with E-state index in [0.29, 0.717) is 0 Å². The van der Waals surface area contributed by atoms with Gasteiger partial charge in [0.05, 0.1) is 5.69 Å². The predicted octanol–water partition coefficient (Wildman–Crippen LogP) is 1.43. The fraction of sp³-hybridized carbons (Fsp3) is 0.800. The van der Waals surface area contributed by atoms with Crippen molar-refractivity contribution in [3.8, 4) is 0 Å². The maximum absolute atomic E-state index is 4.89. The Bertz CT molecular complexity index is 438. The summed E-state index contributed by atoms with van der Waals surface area (Å²) in [6.45, 7) is 8.00. The van der Waals surface area contributed by atoms with Gasteiger partial charge >= 0.3 is 0 Å². The van der Waals surface area contributed by atoms with E-state index in [2.05, 4.69) is 28.8 Å². The molecule has 0 spiro atoms. The molecule has 2 aliphatic heterocycles. The summed E-state index contributed by atoms with van der Waals surface area (Å²) in [4.78, 5) is 7.34. The summed E-state index contributed by atoms with van der Waals surface area (Å²) in [6, 6.07) is 0. The number of nitrogens with zero attached hydrogens (tertiary/aromatic N) is 3. The van der Waals surface area contributed by atoms with Crippen molar-refractivity contribution >= 4 is 0 Å². The van der Waals surface area contributed by atoms with E-state index in [0.717, 1.165) is 31.8 Å². The molecule has 0 aliphatic carbocycles. The van der Waals surface area contributed by atoms with Gasteiger partial charge in [0.15, 0.2) is 0 Å². The van der Waals surface area contributed by atoms with Crippen molar-refractivity contribution in [1.29, 1.82) is 0 Å². The Morgan fingerprint density at radius 3 is 3.05 bits per heavy atom. The zero-order valence-corrected chi connectivity index (χ0v) is 12.3. The van der Waals surface area contributed by atoms with Crippen LogP contribution in [-0.2, 0) is 25.9 Å². The predicted molar refractivity (Wildman–Crippen MR) is 77.2 cm³/mol. The standard InChI is InChI=1S/C15H26N4/c1-3-4-15-17-13-9-16-7-5-14(13)19(15)11-12-6-8-18(2)10-12/h12,16H,3-11H2,1-2H3. The average molecular weight is 262 g/mol. The lowest BCUT2D eigenvalue weighted by Crippen LogP contribution is -2.26. The van der Waals surface area contributed by atoms with Crippen LogP contribution in [0.5, 0.6) is 0 Å². The van der Waals surface area contributed by atoms with Crippen LogP contribution in [0.4, 0.5) is 0 Å². The van der Waals surface area contributed by atoms with Crippen molar-refractivity contribution < 1.29 is 0 Å². The van der Waals surface area contributed by atoms with Gasteiger partial charge in [-0.05, 0) is 32.4 Å². The third-order valence-electron chi connectivity index (χ3n) is 4.47. The average Bonchev–Trinajstić information content (AvgIpc) is 2.96. The van der Waals surface area contributed by atoms with E-state index in [4.69, 9.17) is 4.98 Å². The number of rotatable bonds is 4. The van der Waals surface area contributed by atoms with Crippen LogP contribution in [-0.4, -0.2) is 41.1 Å². The largest absolute Gasteiger partial charge is 0.331 e. The van der Waals surface area contributed by atoms with Gasteiger partial charge in [-0.15, -0.1) is 0 Å². The number of likely N-dealkylation sites (tertiary alicyclic amines) is 1. The highest BCUT2D eigenvalue weighted by atomic mass is 15.2. The van der Waals surface area contributed by atoms with E-state index in [1.165, 1.54) is 49.7 Å². The van der Waals surface area contributed by atoms with Crippen LogP contribution in [0.15, 0.2) is 0 Å². The highest BCUT2D eigenvalue weighted by molar-refractivity contribution is 5.20. The van der Waals surface area contributed by atoms with Crippen molar-refractivity contribution in [2.45, 2.75) is 45.7 Å². The second-order valence-electron chi connectivity index (χ2n) is 6.13. The lowest BCUT2D eigenvalue weighted by molar-refractivity contribution is 0.372. The first-order valence-electron chi connectivity index (χ1n) is 7.74. The summed E-state index contributed by atoms with van der Waals surface area (Å²) in [6.07, 6.45) is 4.80. The molecule has 1 unspecified atom stereocenters. The van der Waals surface area contributed by atoms with Crippen LogP contribution in [0.25, 0.3) is 0 Å². The first kappa shape index (κ1) is 13.1. The van der Waals surface area contributed by atoms with E-state index in [9.17, 15) is 0 Å². The molecule has 0 bridgehead atoms. The SMILES string of the molecule is CCCc1nc2c(n1CC1CCN(C)C1)CCNC2. The molecule has 0 aromatic carbocycles. The normalized spacial score (nSPS) is 23.8. The molecule has 1 saturated heterocycles. The molecule has 0 saturated carbocycles. The minimum absolute atomic E-state index is 0.814. The molecule has 4 heteroatoms. The van der Waals surface area contributed by atoms with E-state index in [1.54, 1.807) is 0 Å². The molecule has 1 aromatic heterocycles. The molecule has 3 heterocycles. The van der Waals surface area contributed by atoms with Gasteiger partial charge in [0.25, 0.3) is 0 Å². The number of aromatic nitrogens is 2. The highest BCUT2D eigenvalue weighted by Crippen LogP contribution is 2.22. The highest BCUT2D eigenvalue weighted by Gasteiger charge is 2.24. The summed E-state index contributed by atoms with van der Waals surface area (Å²) >= 11 is 0. The van der Waals surface area contributed by atoms with Crippen molar-refractivity contribution in [2.75, 3.05) is 26.7 Å². The first-order valence-corrected chi connectivity index (χ1v) is 7.74. The van der Waals surface area contributed by atoms with E-state index < -0.39 is 0 Å². The van der Waals surface area contributed by atoms with Gasteiger partial charge in [0.2, 0.25) is 0 Å². The van der Waals surface area contributed by atoms with Gasteiger partial charge in [-0.3, -0.25) is 0 Å². The second-order valence-corrected chi connectivity index (χ2v) is 6.13. The van der Waals surface area contributed by atoms with Crippen LogP contribution >= 0.6 is 0 Å². The van der Waals surface area contributed by atoms with Gasteiger partial charge in [0, 0.05) is 44.7 Å². The van der Waals surface area contributed by atoms with Crippen LogP contribution < -0.4 is 5.32 Å². The molecule has 0 amide bonds. The third kappa shape index (κ3) is 2.70. The Kier molecular flexibility index (Phi) is 3.89. The Morgan fingerprint density at radius 2 is 2.32 bits per heavy atom. The van der Waals surface area contributed by atoms with Crippen molar-refractivity contribution in [2.24, 2.45) is 5.92 Å². The zero-order valence-electron chi connectivity index (χ0n) is 12.3. The number of aryl methyl sites for hydroxylation is 1. The zero-order chi connectivity index (χ0) is 13.2. The Labute approximate surface area is 116 Å². The molecule has 0 radical (unpaired) electrons. The summed E-state index contributed by atoms with van der Waals surface area (Å²) < 4.78 is 2.56. The maximum Gasteiger partial charge on any atom is 0.109 e. The second kappa shape index (κ2) is 5.63. The lowest BCUT2D eigenvalue weighted by Gasteiger charge is -2.19. The molecule has 3 rings (SSSR count). The minimum atomic E-state index is 0.814. The van der Waals surface area contributed by atoms with E-state index in [-0.39, 0.29) is 0 Å². The van der Waals surface area contributed by atoms with Crippen LogP contribution in [0.2, 0.25) is 0 Å². The van der Waals surface area contributed by atoms with Gasteiger partial charge < -0.3 is 14.8 Å². The fourth-order valence-electron chi connectivity index (χ4n) is 3.49. The lowest BCUT2D eigenvalue weighted by atomic mass is 10.1. The van der Waals surface area contributed by atoms with Crippen LogP contribution in [0.1, 0.15) is 37.0 Å². The monoisotopic (exact) mass is 262 g/mol. The number of hydrogen-bond donors (Lipinski definition) is 1. The molecular weight excluding hydrogens is 236 g/mol. The molecule has 106 valence electrons. The van der Waals surface area contributed by atoms with Crippen molar-refractivity contribution in [3.63, 3.8) is 0 Å². The number of imidazole rings is 1. The van der Waals surface area contributed by atoms with Crippen molar-refractivity contribution in [3.05, 3.63) is 17.2 Å². The fourth-order valence-corrected chi connectivity index (χ4v) is 3.49. The molecule has 1 fully saturated rings. The van der Waals surface area contributed by atoms with Gasteiger partial charge in [-0.25, -0.2) is 4.98 Å². The number of fused-ring (bicyclic) bond motifs is 1. The van der Waals surface area contributed by atoms with Gasteiger partial charge in [-0.2, -0.15) is 0 Å². The summed E-state index contributed by atoms with van der Waals surface area (Å²) in [5.74, 6) is 2.14. The first-order chi connectivity index (χ1) is 9.28. The van der Waals surface area contributed by atoms with Crippen LogP contribution in [0, 0.1) is 5.92 Å². The summed E-state index contributed by atoms with van der Waals surface area (Å²) in [5, 5.41) is 3.44. The van der Waals surface area contributed by atoms with Gasteiger partial charge in [-0.1, -0.05) is 6.92 Å². The van der Waals surface area contributed by atoms with Crippen LogP contribution in [0.3, 0.4) is 0 Å². The summed E-state index contributed by atoms with van der Waals surface area (Å²) in [7, 11) is 2.24. The summed E-state index contributed by atoms with van der Waals surface area (Å²) in [5.41, 5.74) is 2.82. The minimum Gasteiger partial charge on any atom is -0.331 e. The smallest absolute Gasteiger partial charge is 0.109 e. The van der Waals surface area contributed by atoms with E-state index in [1.807, 2.05) is 0 Å². The third-order valence-corrected chi connectivity index (χ3v) is 4.47. The number of nitrogens with one attached hydrogen (secondary N) is 1. The Hall–Kier alpha value is -0.870.